The first-order valence-corrected chi connectivity index (χ1v) is 6.35. The Morgan fingerprint density at radius 2 is 2.11 bits per heavy atom. The zero-order valence-electron chi connectivity index (χ0n) is 11.4. The highest BCUT2D eigenvalue weighted by atomic mass is 19.1. The molecule has 0 bridgehead atoms. The summed E-state index contributed by atoms with van der Waals surface area (Å²) in [6.07, 6.45) is 0.915. The molecule has 102 valence electrons. The predicted octanol–water partition coefficient (Wildman–Crippen LogP) is 2.19. The van der Waals surface area contributed by atoms with Crippen molar-refractivity contribution in [2.24, 2.45) is 5.73 Å². The molecule has 0 radical (unpaired) electrons. The first-order chi connectivity index (χ1) is 8.54. The van der Waals surface area contributed by atoms with Crippen molar-refractivity contribution >= 4 is 5.69 Å². The van der Waals surface area contributed by atoms with Gasteiger partial charge >= 0.3 is 0 Å². The third-order valence-corrected chi connectivity index (χ3v) is 2.74. The Kier molecular flexibility index (Phi) is 6.09. The number of halogens is 1. The van der Waals surface area contributed by atoms with E-state index in [-0.39, 0.29) is 11.9 Å². The highest BCUT2D eigenvalue weighted by Crippen LogP contribution is 2.20. The van der Waals surface area contributed by atoms with Crippen LogP contribution in [0.25, 0.3) is 0 Å². The molecule has 1 rings (SSSR count). The van der Waals surface area contributed by atoms with Gasteiger partial charge in [-0.25, -0.2) is 4.39 Å². The number of rotatable bonds is 7. The summed E-state index contributed by atoms with van der Waals surface area (Å²) in [5.41, 5.74) is 7.52. The van der Waals surface area contributed by atoms with Crippen molar-refractivity contribution < 1.29 is 9.13 Å². The number of hydrogen-bond acceptors (Lipinski definition) is 3. The lowest BCUT2D eigenvalue weighted by atomic mass is 10.1. The fourth-order valence-corrected chi connectivity index (χ4v) is 1.83. The molecule has 0 atom stereocenters. The van der Waals surface area contributed by atoms with Crippen LogP contribution in [0.3, 0.4) is 0 Å². The van der Waals surface area contributed by atoms with E-state index in [1.807, 2.05) is 20.9 Å². The molecule has 1 aromatic rings. The molecule has 0 heterocycles. The zero-order valence-corrected chi connectivity index (χ0v) is 11.4. The Balaban J connectivity index is 2.68. The van der Waals surface area contributed by atoms with Gasteiger partial charge in [0.05, 0.1) is 12.7 Å². The van der Waals surface area contributed by atoms with Crippen LogP contribution in [-0.2, 0) is 11.2 Å². The van der Waals surface area contributed by atoms with Crippen LogP contribution in [0, 0.1) is 5.82 Å². The van der Waals surface area contributed by atoms with E-state index in [0.717, 1.165) is 17.8 Å². The second kappa shape index (κ2) is 7.34. The minimum atomic E-state index is -0.214. The first kappa shape index (κ1) is 14.9. The van der Waals surface area contributed by atoms with Gasteiger partial charge in [0.25, 0.3) is 0 Å². The van der Waals surface area contributed by atoms with Crippen LogP contribution in [0.1, 0.15) is 19.4 Å². The van der Waals surface area contributed by atoms with Gasteiger partial charge in [-0.05, 0) is 50.6 Å². The second-order valence-corrected chi connectivity index (χ2v) is 4.65. The van der Waals surface area contributed by atoms with Crippen molar-refractivity contribution in [2.75, 3.05) is 31.6 Å². The first-order valence-electron chi connectivity index (χ1n) is 6.35. The summed E-state index contributed by atoms with van der Waals surface area (Å²) in [4.78, 5) is 2.08. The minimum Gasteiger partial charge on any atom is -0.377 e. The fraction of sp³-hybridized carbons (Fsp3) is 0.571. The van der Waals surface area contributed by atoms with Crippen LogP contribution in [0.15, 0.2) is 18.2 Å². The smallest absolute Gasteiger partial charge is 0.123 e. The van der Waals surface area contributed by atoms with E-state index in [4.69, 9.17) is 10.5 Å². The van der Waals surface area contributed by atoms with E-state index >= 15 is 0 Å². The second-order valence-electron chi connectivity index (χ2n) is 4.65. The summed E-state index contributed by atoms with van der Waals surface area (Å²) in [5, 5.41) is 0. The summed E-state index contributed by atoms with van der Waals surface area (Å²) in [6.45, 7) is 5.98. The molecule has 0 saturated heterocycles. The van der Waals surface area contributed by atoms with E-state index in [2.05, 4.69) is 4.90 Å². The van der Waals surface area contributed by atoms with E-state index in [1.165, 1.54) is 6.07 Å². The summed E-state index contributed by atoms with van der Waals surface area (Å²) in [7, 11) is 1.98. The standard InChI is InChI=1S/C14H23FN2O/c1-11(2)18-9-8-17(3)14-5-4-13(15)10-12(14)6-7-16/h4-5,10-11H,6-9,16H2,1-3H3. The Bertz CT molecular complexity index is 369. The molecule has 0 fully saturated rings. The highest BCUT2D eigenvalue weighted by molar-refractivity contribution is 5.53. The molecule has 0 aliphatic heterocycles. The molecule has 0 unspecified atom stereocenters. The maximum absolute atomic E-state index is 13.2. The molecule has 0 amide bonds. The molecular weight excluding hydrogens is 231 g/mol. The van der Waals surface area contributed by atoms with Gasteiger partial charge in [0, 0.05) is 19.3 Å². The van der Waals surface area contributed by atoms with Crippen molar-refractivity contribution in [1.82, 2.24) is 0 Å². The topological polar surface area (TPSA) is 38.5 Å². The lowest BCUT2D eigenvalue weighted by Crippen LogP contribution is -2.25. The third kappa shape index (κ3) is 4.63. The van der Waals surface area contributed by atoms with Gasteiger partial charge < -0.3 is 15.4 Å². The predicted molar refractivity (Wildman–Crippen MR) is 73.5 cm³/mol. The molecular formula is C14H23FN2O. The highest BCUT2D eigenvalue weighted by Gasteiger charge is 2.08. The van der Waals surface area contributed by atoms with Crippen LogP contribution in [0.2, 0.25) is 0 Å². The van der Waals surface area contributed by atoms with Gasteiger partial charge in [-0.3, -0.25) is 0 Å². The number of likely N-dealkylation sites (N-methyl/N-ethyl adjacent to an activating group) is 1. The van der Waals surface area contributed by atoms with Gasteiger partial charge in [-0.15, -0.1) is 0 Å². The van der Waals surface area contributed by atoms with Crippen LogP contribution in [0.4, 0.5) is 10.1 Å². The summed E-state index contributed by atoms with van der Waals surface area (Å²) in [6, 6.07) is 4.84. The maximum atomic E-state index is 13.2. The maximum Gasteiger partial charge on any atom is 0.123 e. The molecule has 18 heavy (non-hydrogen) atoms. The molecule has 0 aliphatic rings. The Morgan fingerprint density at radius 3 is 2.72 bits per heavy atom. The average Bonchev–Trinajstić information content (AvgIpc) is 2.29. The van der Waals surface area contributed by atoms with E-state index in [0.29, 0.717) is 19.6 Å². The molecule has 0 aromatic heterocycles. The lowest BCUT2D eigenvalue weighted by Gasteiger charge is -2.23. The molecule has 4 heteroatoms. The van der Waals surface area contributed by atoms with Crippen molar-refractivity contribution in [3.63, 3.8) is 0 Å². The van der Waals surface area contributed by atoms with Crippen LogP contribution < -0.4 is 10.6 Å². The Hall–Kier alpha value is -1.13. The average molecular weight is 254 g/mol. The molecule has 0 saturated carbocycles. The monoisotopic (exact) mass is 254 g/mol. The largest absolute Gasteiger partial charge is 0.377 e. The Labute approximate surface area is 109 Å². The number of ether oxygens (including phenoxy) is 1. The van der Waals surface area contributed by atoms with Gasteiger partial charge in [0.15, 0.2) is 0 Å². The number of nitrogens with zero attached hydrogens (tertiary/aromatic N) is 1. The van der Waals surface area contributed by atoms with Crippen molar-refractivity contribution in [1.29, 1.82) is 0 Å². The van der Waals surface area contributed by atoms with Crippen LogP contribution >= 0.6 is 0 Å². The van der Waals surface area contributed by atoms with Gasteiger partial charge in [0.1, 0.15) is 5.82 Å². The van der Waals surface area contributed by atoms with Gasteiger partial charge in [0.2, 0.25) is 0 Å². The normalized spacial score (nSPS) is 11.0. The third-order valence-electron chi connectivity index (χ3n) is 2.74. The van der Waals surface area contributed by atoms with Crippen molar-refractivity contribution in [3.05, 3.63) is 29.6 Å². The molecule has 2 N–H and O–H groups in total. The molecule has 3 nitrogen and oxygen atoms in total. The fourth-order valence-electron chi connectivity index (χ4n) is 1.83. The van der Waals surface area contributed by atoms with Gasteiger partial charge in [-0.2, -0.15) is 0 Å². The lowest BCUT2D eigenvalue weighted by molar-refractivity contribution is 0.0846. The quantitative estimate of drug-likeness (QED) is 0.810. The van der Waals surface area contributed by atoms with E-state index in [1.54, 1.807) is 12.1 Å². The Morgan fingerprint density at radius 1 is 1.39 bits per heavy atom. The molecule has 0 aliphatic carbocycles. The zero-order chi connectivity index (χ0) is 13.5. The molecule has 0 spiro atoms. The van der Waals surface area contributed by atoms with Crippen molar-refractivity contribution in [3.8, 4) is 0 Å². The molecule has 1 aromatic carbocycles. The number of nitrogens with two attached hydrogens (primary N) is 1. The van der Waals surface area contributed by atoms with E-state index in [9.17, 15) is 4.39 Å². The minimum absolute atomic E-state index is 0.214. The van der Waals surface area contributed by atoms with Crippen LogP contribution in [-0.4, -0.2) is 32.8 Å². The van der Waals surface area contributed by atoms with Crippen LogP contribution in [0.5, 0.6) is 0 Å². The van der Waals surface area contributed by atoms with E-state index < -0.39 is 0 Å². The van der Waals surface area contributed by atoms with Gasteiger partial charge in [-0.1, -0.05) is 0 Å². The summed E-state index contributed by atoms with van der Waals surface area (Å²) >= 11 is 0. The summed E-state index contributed by atoms with van der Waals surface area (Å²) < 4.78 is 18.7. The SMILES string of the molecule is CC(C)OCCN(C)c1ccc(F)cc1CCN. The summed E-state index contributed by atoms with van der Waals surface area (Å²) in [5.74, 6) is -0.214. The van der Waals surface area contributed by atoms with Crippen molar-refractivity contribution in [2.45, 2.75) is 26.4 Å². The number of hydrogen-bond donors (Lipinski definition) is 1. The number of benzene rings is 1. The number of anilines is 1.